The van der Waals surface area contributed by atoms with Crippen LogP contribution in [0.4, 0.5) is 11.4 Å². The Labute approximate surface area is 173 Å². The fraction of sp³-hybridized carbons (Fsp3) is 0.542. The van der Waals surface area contributed by atoms with Gasteiger partial charge in [0.15, 0.2) is 0 Å². The molecular formula is C24H33N3O2. The molecule has 1 aromatic carbocycles. The van der Waals surface area contributed by atoms with Crippen molar-refractivity contribution in [3.8, 4) is 0 Å². The number of nitrogens with zero attached hydrogens (tertiary/aromatic N) is 3. The van der Waals surface area contributed by atoms with E-state index in [4.69, 9.17) is 4.74 Å². The van der Waals surface area contributed by atoms with Gasteiger partial charge in [-0.2, -0.15) is 0 Å². The number of ether oxygens (including phenoxy) is 1. The first-order valence-corrected chi connectivity index (χ1v) is 10.9. The number of hydrogen-bond donors (Lipinski definition) is 0. The minimum Gasteiger partial charge on any atom is -0.380 e. The van der Waals surface area contributed by atoms with Crippen molar-refractivity contribution in [2.75, 3.05) is 31.2 Å². The molecule has 0 bridgehead atoms. The van der Waals surface area contributed by atoms with Crippen LogP contribution in [-0.2, 0) is 24.8 Å². The Morgan fingerprint density at radius 2 is 1.93 bits per heavy atom. The number of pyridine rings is 1. The molecule has 1 aromatic heterocycles. The van der Waals surface area contributed by atoms with E-state index in [1.165, 1.54) is 29.7 Å². The second-order valence-electron chi connectivity index (χ2n) is 8.80. The highest BCUT2D eigenvalue weighted by atomic mass is 16.5. The number of fused-ring (bicyclic) bond motifs is 1. The topological polar surface area (TPSA) is 37.7 Å². The molecular weight excluding hydrogens is 362 g/mol. The molecule has 1 aliphatic heterocycles. The number of aryl methyl sites for hydroxylation is 1. The van der Waals surface area contributed by atoms with Gasteiger partial charge in [0.2, 0.25) is 5.56 Å². The lowest BCUT2D eigenvalue weighted by Gasteiger charge is -2.33. The maximum absolute atomic E-state index is 11.8. The van der Waals surface area contributed by atoms with Crippen LogP contribution in [0.25, 0.3) is 0 Å². The monoisotopic (exact) mass is 395 g/mol. The maximum Gasteiger partial charge on any atom is 0.250 e. The summed E-state index contributed by atoms with van der Waals surface area (Å²) in [6.07, 6.45) is 5.72. The third-order valence-electron chi connectivity index (χ3n) is 6.03. The normalized spacial score (nSPS) is 16.8. The first kappa shape index (κ1) is 20.2. The quantitative estimate of drug-likeness (QED) is 0.639. The smallest absolute Gasteiger partial charge is 0.250 e. The zero-order valence-electron chi connectivity index (χ0n) is 17.9. The van der Waals surface area contributed by atoms with Crippen LogP contribution in [0.2, 0.25) is 0 Å². The fourth-order valence-electron chi connectivity index (χ4n) is 4.14. The minimum atomic E-state index is 0.0162. The molecule has 0 spiro atoms. The Morgan fingerprint density at radius 3 is 2.66 bits per heavy atom. The largest absolute Gasteiger partial charge is 0.380 e. The van der Waals surface area contributed by atoms with Crippen LogP contribution in [0.15, 0.2) is 41.3 Å². The average molecular weight is 396 g/mol. The molecule has 0 unspecified atom stereocenters. The molecule has 2 aliphatic rings. The SMILES string of the molecule is CC(C)N(c1ccc2c(c1)CN(CCOCC1CC1)CC2)c1ccc(=O)n(C)c1. The highest BCUT2D eigenvalue weighted by Gasteiger charge is 2.22. The van der Waals surface area contributed by atoms with Crippen LogP contribution < -0.4 is 10.5 Å². The molecule has 5 nitrogen and oxygen atoms in total. The fourth-order valence-corrected chi connectivity index (χ4v) is 4.14. The minimum absolute atomic E-state index is 0.0162. The number of hydrogen-bond acceptors (Lipinski definition) is 4. The van der Waals surface area contributed by atoms with Gasteiger partial charge in [0.05, 0.1) is 12.3 Å². The Morgan fingerprint density at radius 1 is 1.14 bits per heavy atom. The summed E-state index contributed by atoms with van der Waals surface area (Å²) in [5.74, 6) is 0.833. The molecule has 0 atom stereocenters. The van der Waals surface area contributed by atoms with Crippen molar-refractivity contribution in [2.45, 2.75) is 45.7 Å². The van der Waals surface area contributed by atoms with E-state index in [1.54, 1.807) is 17.7 Å². The lowest BCUT2D eigenvalue weighted by atomic mass is 9.98. The zero-order chi connectivity index (χ0) is 20.4. The van der Waals surface area contributed by atoms with Gasteiger partial charge in [-0.05, 0) is 68.4 Å². The van der Waals surface area contributed by atoms with Crippen LogP contribution in [0.1, 0.15) is 37.8 Å². The van der Waals surface area contributed by atoms with E-state index < -0.39 is 0 Å². The molecule has 0 amide bonds. The molecule has 1 saturated carbocycles. The van der Waals surface area contributed by atoms with Gasteiger partial charge < -0.3 is 14.2 Å². The molecule has 1 fully saturated rings. The van der Waals surface area contributed by atoms with Crippen molar-refractivity contribution < 1.29 is 4.74 Å². The summed E-state index contributed by atoms with van der Waals surface area (Å²) in [7, 11) is 1.81. The van der Waals surface area contributed by atoms with Crippen molar-refractivity contribution in [3.63, 3.8) is 0 Å². The zero-order valence-corrected chi connectivity index (χ0v) is 17.9. The van der Waals surface area contributed by atoms with Crippen molar-refractivity contribution in [3.05, 3.63) is 58.0 Å². The number of aromatic nitrogens is 1. The second kappa shape index (κ2) is 8.72. The summed E-state index contributed by atoms with van der Waals surface area (Å²) in [6, 6.07) is 10.7. The average Bonchev–Trinajstić information content (AvgIpc) is 3.52. The summed E-state index contributed by atoms with van der Waals surface area (Å²) in [5, 5.41) is 0. The van der Waals surface area contributed by atoms with Crippen molar-refractivity contribution in [1.82, 2.24) is 9.47 Å². The van der Waals surface area contributed by atoms with E-state index in [9.17, 15) is 4.79 Å². The lowest BCUT2D eigenvalue weighted by Crippen LogP contribution is -2.34. The summed E-state index contributed by atoms with van der Waals surface area (Å²) in [6.45, 7) is 9.25. The molecule has 4 rings (SSSR count). The number of anilines is 2. The van der Waals surface area contributed by atoms with E-state index >= 15 is 0 Å². The predicted molar refractivity (Wildman–Crippen MR) is 118 cm³/mol. The summed E-state index contributed by atoms with van der Waals surface area (Å²) >= 11 is 0. The lowest BCUT2D eigenvalue weighted by molar-refractivity contribution is 0.0922. The molecule has 5 heteroatoms. The Balaban J connectivity index is 1.48. The molecule has 0 saturated heterocycles. The van der Waals surface area contributed by atoms with Gasteiger partial charge in [0.25, 0.3) is 0 Å². The molecule has 1 aliphatic carbocycles. The first-order chi connectivity index (χ1) is 14.0. The molecule has 0 N–H and O–H groups in total. The van der Waals surface area contributed by atoms with E-state index in [2.05, 4.69) is 41.8 Å². The van der Waals surface area contributed by atoms with E-state index in [0.29, 0.717) is 6.04 Å². The number of benzene rings is 1. The summed E-state index contributed by atoms with van der Waals surface area (Å²) < 4.78 is 7.49. The summed E-state index contributed by atoms with van der Waals surface area (Å²) in [4.78, 5) is 16.6. The van der Waals surface area contributed by atoms with Gasteiger partial charge in [-0.15, -0.1) is 0 Å². The standard InChI is InChI=1S/C24H33N3O2/c1-18(2)27(23-8-9-24(28)25(3)16-23)22-7-6-20-10-11-26(15-21(20)14-22)12-13-29-17-19-4-5-19/h6-9,14,16,18-19H,4-5,10-13,15,17H2,1-3H3. The molecule has 29 heavy (non-hydrogen) atoms. The second-order valence-corrected chi connectivity index (χ2v) is 8.80. The van der Waals surface area contributed by atoms with Gasteiger partial charge >= 0.3 is 0 Å². The van der Waals surface area contributed by atoms with Crippen molar-refractivity contribution in [2.24, 2.45) is 13.0 Å². The van der Waals surface area contributed by atoms with Gasteiger partial charge in [0, 0.05) is 57.3 Å². The van der Waals surface area contributed by atoms with Gasteiger partial charge in [-0.25, -0.2) is 0 Å². The highest BCUT2D eigenvalue weighted by Crippen LogP contribution is 2.31. The predicted octanol–water partition coefficient (Wildman–Crippen LogP) is 3.72. The van der Waals surface area contributed by atoms with Gasteiger partial charge in [0.1, 0.15) is 0 Å². The Bertz CT molecular complexity index is 901. The highest BCUT2D eigenvalue weighted by molar-refractivity contribution is 5.64. The van der Waals surface area contributed by atoms with Crippen LogP contribution >= 0.6 is 0 Å². The molecule has 156 valence electrons. The van der Waals surface area contributed by atoms with Crippen LogP contribution in [0.3, 0.4) is 0 Å². The van der Waals surface area contributed by atoms with Crippen LogP contribution in [-0.4, -0.2) is 41.8 Å². The third-order valence-corrected chi connectivity index (χ3v) is 6.03. The van der Waals surface area contributed by atoms with Crippen molar-refractivity contribution in [1.29, 1.82) is 0 Å². The third kappa shape index (κ3) is 4.90. The van der Waals surface area contributed by atoms with Crippen LogP contribution in [0, 0.1) is 5.92 Å². The first-order valence-electron chi connectivity index (χ1n) is 10.9. The van der Waals surface area contributed by atoms with Gasteiger partial charge in [-0.1, -0.05) is 6.07 Å². The summed E-state index contributed by atoms with van der Waals surface area (Å²) in [5.41, 5.74) is 5.11. The van der Waals surface area contributed by atoms with Gasteiger partial charge in [-0.3, -0.25) is 9.69 Å². The number of rotatable bonds is 8. The van der Waals surface area contributed by atoms with Crippen LogP contribution in [0.5, 0.6) is 0 Å². The van der Waals surface area contributed by atoms with E-state index in [1.807, 2.05) is 12.3 Å². The Hall–Kier alpha value is -2.11. The van der Waals surface area contributed by atoms with Crippen molar-refractivity contribution >= 4 is 11.4 Å². The molecule has 0 radical (unpaired) electrons. The van der Waals surface area contributed by atoms with E-state index in [0.717, 1.165) is 50.9 Å². The van der Waals surface area contributed by atoms with E-state index in [-0.39, 0.29) is 5.56 Å². The maximum atomic E-state index is 11.8. The molecule has 2 heterocycles. The Kier molecular flexibility index (Phi) is 6.07. The molecule has 2 aromatic rings.